The number of imidazole rings is 1. The van der Waals surface area contributed by atoms with Gasteiger partial charge in [-0.3, -0.25) is 9.59 Å². The van der Waals surface area contributed by atoms with Crippen molar-refractivity contribution in [2.45, 2.75) is 72.5 Å². The Morgan fingerprint density at radius 3 is 2.47 bits per heavy atom. The Bertz CT molecular complexity index is 1260. The molecule has 11 nitrogen and oxygen atoms in total. The highest BCUT2D eigenvalue weighted by molar-refractivity contribution is 5.95. The molecule has 1 aromatic heterocycles. The maximum atomic E-state index is 14.7. The molecule has 3 atom stereocenters. The minimum absolute atomic E-state index is 0.0748. The van der Waals surface area contributed by atoms with E-state index in [4.69, 9.17) is 14.5 Å². The molecule has 2 aromatic rings. The average Bonchev–Trinajstić information content (AvgIpc) is 3.35. The minimum atomic E-state index is -1.08. The van der Waals surface area contributed by atoms with Crippen LogP contribution in [0.4, 0.5) is 4.79 Å². The average molecular weight is 600 g/mol. The summed E-state index contributed by atoms with van der Waals surface area (Å²) in [5.41, 5.74) is 1.13. The number of hydrogen-bond acceptors (Lipinski definition) is 6. The van der Waals surface area contributed by atoms with Crippen LogP contribution in [-0.4, -0.2) is 112 Å². The van der Waals surface area contributed by atoms with Crippen LogP contribution >= 0.6 is 0 Å². The number of aryl methyl sites for hydroxylation is 1. The Hall–Kier alpha value is -3.18. The topological polar surface area (TPSA) is 117 Å². The number of ether oxygens (including phenoxy) is 2. The molecule has 1 N–H and O–H groups in total. The molecule has 0 aliphatic carbocycles. The summed E-state index contributed by atoms with van der Waals surface area (Å²) in [5, 5.41) is 10.5. The summed E-state index contributed by atoms with van der Waals surface area (Å²) in [7, 11) is 1.68. The lowest BCUT2D eigenvalue weighted by molar-refractivity contribution is -0.144. The lowest BCUT2D eigenvalue weighted by Gasteiger charge is -2.52. The molecule has 1 aromatic carbocycles. The number of para-hydroxylation sites is 2. The van der Waals surface area contributed by atoms with Crippen LogP contribution in [0, 0.1) is 17.3 Å². The highest BCUT2D eigenvalue weighted by Crippen LogP contribution is 2.38. The van der Waals surface area contributed by atoms with Crippen LogP contribution < -0.4 is 0 Å². The monoisotopic (exact) mass is 599 g/mol. The van der Waals surface area contributed by atoms with Gasteiger partial charge in [0.15, 0.2) is 5.82 Å². The van der Waals surface area contributed by atoms with E-state index in [2.05, 4.69) is 0 Å². The summed E-state index contributed by atoms with van der Waals surface area (Å²) in [5.74, 6) is -0.420. The van der Waals surface area contributed by atoms with Crippen LogP contribution in [0.15, 0.2) is 24.3 Å². The van der Waals surface area contributed by atoms with Crippen LogP contribution in [0.1, 0.15) is 64.5 Å². The molecule has 2 saturated heterocycles. The Morgan fingerprint density at radius 2 is 1.84 bits per heavy atom. The number of carbonyl (C=O) groups is 3. The van der Waals surface area contributed by atoms with Crippen LogP contribution in [0.5, 0.6) is 0 Å². The molecule has 4 rings (SSSR count). The Balaban J connectivity index is 1.78. The van der Waals surface area contributed by atoms with Gasteiger partial charge in [-0.2, -0.15) is 0 Å². The van der Waals surface area contributed by atoms with Gasteiger partial charge < -0.3 is 33.8 Å². The number of morpholine rings is 1. The molecule has 1 unspecified atom stereocenters. The van der Waals surface area contributed by atoms with Gasteiger partial charge in [0.25, 0.3) is 5.91 Å². The smallest absolute Gasteiger partial charge is 0.407 e. The van der Waals surface area contributed by atoms with E-state index in [-0.39, 0.29) is 24.3 Å². The second-order valence-electron chi connectivity index (χ2n) is 13.3. The van der Waals surface area contributed by atoms with Gasteiger partial charge >= 0.3 is 6.09 Å². The number of rotatable bonds is 10. The van der Waals surface area contributed by atoms with Crippen molar-refractivity contribution in [2.24, 2.45) is 17.3 Å². The van der Waals surface area contributed by atoms with Gasteiger partial charge in [-0.05, 0) is 42.7 Å². The summed E-state index contributed by atoms with van der Waals surface area (Å²) in [6.07, 6.45) is 0.969. The molecule has 2 aliphatic rings. The second-order valence-corrected chi connectivity index (χ2v) is 13.3. The van der Waals surface area contributed by atoms with Crippen molar-refractivity contribution in [3.05, 3.63) is 30.1 Å². The fourth-order valence-corrected chi connectivity index (χ4v) is 6.69. The van der Waals surface area contributed by atoms with Gasteiger partial charge in [0.2, 0.25) is 5.91 Å². The molecule has 0 spiro atoms. The number of fused-ring (bicyclic) bond motifs is 1. The molecular formula is C32H49N5O6. The third kappa shape index (κ3) is 7.49. The molecule has 0 bridgehead atoms. The van der Waals surface area contributed by atoms with Crippen molar-refractivity contribution >= 4 is 28.9 Å². The quantitative estimate of drug-likeness (QED) is 0.407. The zero-order valence-electron chi connectivity index (χ0n) is 26.6. The SMILES string of the molecule is COCCCCn1c(C(=O)N(CC(C)C)[C@H]2C[C@@H](C(=O)N3CCOCC3)CN(C(=O)O)C2C(C)(C)C)nc2ccccc21. The highest BCUT2D eigenvalue weighted by atomic mass is 16.5. The van der Waals surface area contributed by atoms with Gasteiger partial charge in [-0.25, -0.2) is 9.78 Å². The molecule has 43 heavy (non-hydrogen) atoms. The van der Waals surface area contributed by atoms with Gasteiger partial charge in [0.05, 0.1) is 42.2 Å². The maximum Gasteiger partial charge on any atom is 0.407 e. The summed E-state index contributed by atoms with van der Waals surface area (Å²) in [6, 6.07) is 6.71. The number of carbonyl (C=O) groups excluding carboxylic acids is 2. The second kappa shape index (κ2) is 14.1. The maximum absolute atomic E-state index is 14.7. The Morgan fingerprint density at radius 1 is 1.14 bits per heavy atom. The zero-order valence-corrected chi connectivity index (χ0v) is 26.6. The van der Waals surface area contributed by atoms with Crippen molar-refractivity contribution in [3.8, 4) is 0 Å². The predicted molar refractivity (Wildman–Crippen MR) is 164 cm³/mol. The summed E-state index contributed by atoms with van der Waals surface area (Å²) in [4.78, 5) is 51.1. The normalized spacial score (nSPS) is 21.4. The minimum Gasteiger partial charge on any atom is -0.465 e. The van der Waals surface area contributed by atoms with E-state index < -0.39 is 29.5 Å². The van der Waals surface area contributed by atoms with E-state index in [0.29, 0.717) is 58.2 Å². The van der Waals surface area contributed by atoms with Gasteiger partial charge in [0, 0.05) is 46.4 Å². The number of aromatic nitrogens is 2. The van der Waals surface area contributed by atoms with Crippen molar-refractivity contribution in [3.63, 3.8) is 0 Å². The summed E-state index contributed by atoms with van der Waals surface area (Å²) >= 11 is 0. The molecule has 2 aliphatic heterocycles. The highest BCUT2D eigenvalue weighted by Gasteiger charge is 2.50. The molecule has 3 amide bonds. The van der Waals surface area contributed by atoms with E-state index in [1.807, 2.05) is 68.4 Å². The molecule has 2 fully saturated rings. The van der Waals surface area contributed by atoms with Crippen LogP contribution in [0.2, 0.25) is 0 Å². The molecular weight excluding hydrogens is 550 g/mol. The van der Waals surface area contributed by atoms with Crippen LogP contribution in [-0.2, 0) is 20.8 Å². The van der Waals surface area contributed by atoms with Crippen molar-refractivity contribution in [2.75, 3.05) is 53.1 Å². The van der Waals surface area contributed by atoms with E-state index in [1.54, 1.807) is 12.0 Å². The molecule has 0 radical (unpaired) electrons. The largest absolute Gasteiger partial charge is 0.465 e. The number of amides is 3. The van der Waals surface area contributed by atoms with E-state index in [0.717, 1.165) is 23.9 Å². The van der Waals surface area contributed by atoms with E-state index >= 15 is 0 Å². The standard InChI is InChI=1S/C32H49N5O6/c1-22(2)20-36(30(39)28-33-24-11-7-8-12-25(24)35(28)13-9-10-16-42-6)26-19-23(29(38)34-14-17-43-18-15-34)21-37(31(40)41)27(26)32(3,4)5/h7-8,11-12,22-23,26-27H,9-10,13-21H2,1-6H3,(H,40,41)/t23-,26+,27?/m1/s1. The fraction of sp³-hybridized carbons (Fsp3) is 0.688. The van der Waals surface area contributed by atoms with Crippen molar-refractivity contribution in [1.29, 1.82) is 0 Å². The molecule has 11 heteroatoms. The summed E-state index contributed by atoms with van der Waals surface area (Å²) < 4.78 is 12.7. The molecule has 3 heterocycles. The Kier molecular flexibility index (Phi) is 10.7. The van der Waals surface area contributed by atoms with Crippen LogP contribution in [0.3, 0.4) is 0 Å². The first kappa shape index (κ1) is 32.7. The number of unbranched alkanes of at least 4 members (excludes halogenated alkanes) is 1. The number of likely N-dealkylation sites (tertiary alicyclic amines) is 1. The lowest BCUT2D eigenvalue weighted by Crippen LogP contribution is -2.66. The fourth-order valence-electron chi connectivity index (χ4n) is 6.69. The van der Waals surface area contributed by atoms with Crippen LogP contribution in [0.25, 0.3) is 11.0 Å². The van der Waals surface area contributed by atoms with E-state index in [9.17, 15) is 19.5 Å². The molecule has 0 saturated carbocycles. The zero-order chi connectivity index (χ0) is 31.3. The number of methoxy groups -OCH3 is 1. The molecule has 238 valence electrons. The number of carboxylic acid groups (broad SMARTS) is 1. The van der Waals surface area contributed by atoms with Crippen molar-refractivity contribution in [1.82, 2.24) is 24.3 Å². The van der Waals surface area contributed by atoms with Gasteiger partial charge in [-0.15, -0.1) is 0 Å². The number of piperidine rings is 1. The first-order valence-corrected chi connectivity index (χ1v) is 15.5. The summed E-state index contributed by atoms with van der Waals surface area (Å²) in [6.45, 7) is 13.8. The van der Waals surface area contributed by atoms with Crippen molar-refractivity contribution < 1.29 is 29.0 Å². The first-order chi connectivity index (χ1) is 20.4. The number of benzene rings is 1. The lowest BCUT2D eigenvalue weighted by atomic mass is 9.74. The van der Waals surface area contributed by atoms with Gasteiger partial charge in [0.1, 0.15) is 0 Å². The predicted octanol–water partition coefficient (Wildman–Crippen LogP) is 4.20. The third-order valence-corrected chi connectivity index (χ3v) is 8.50. The number of hydrogen-bond donors (Lipinski definition) is 1. The first-order valence-electron chi connectivity index (χ1n) is 15.5. The Labute approximate surface area is 255 Å². The van der Waals surface area contributed by atoms with Gasteiger partial charge in [-0.1, -0.05) is 46.8 Å². The van der Waals surface area contributed by atoms with E-state index in [1.165, 1.54) is 4.90 Å². The number of nitrogens with zero attached hydrogens (tertiary/aromatic N) is 5. The third-order valence-electron chi connectivity index (χ3n) is 8.50.